The van der Waals surface area contributed by atoms with E-state index in [4.69, 9.17) is 0 Å². The molecule has 1 aromatic carbocycles. The highest BCUT2D eigenvalue weighted by Crippen LogP contribution is 2.33. The number of nitrogens with zero attached hydrogens (tertiary/aromatic N) is 2. The number of piperidine rings is 2. The second kappa shape index (κ2) is 7.89. The van der Waals surface area contributed by atoms with Crippen molar-refractivity contribution in [3.63, 3.8) is 0 Å². The van der Waals surface area contributed by atoms with Crippen LogP contribution in [0.15, 0.2) is 30.9 Å². The van der Waals surface area contributed by atoms with E-state index in [-0.39, 0.29) is 29.4 Å². The van der Waals surface area contributed by atoms with Gasteiger partial charge in [-0.1, -0.05) is 18.7 Å². The predicted octanol–water partition coefficient (Wildman–Crippen LogP) is 2.66. The Kier molecular flexibility index (Phi) is 5.59. The van der Waals surface area contributed by atoms with Crippen molar-refractivity contribution in [1.82, 2.24) is 9.80 Å². The second-order valence-corrected chi connectivity index (χ2v) is 7.11. The fraction of sp³-hybridized carbons (Fsp3) is 0.500. The standard InChI is InChI=1S/C20H25FN2O3/c1-2-18(25)22-11-8-14(9-12-22)20(26)23-10-4-5-15(13-23)16-6-3-7-17(24)19(16)21/h2-3,6-7,14-15,24H,1,4-5,8-13H2. The highest BCUT2D eigenvalue weighted by Gasteiger charge is 2.33. The molecule has 0 aromatic heterocycles. The van der Waals surface area contributed by atoms with Crippen molar-refractivity contribution in [2.45, 2.75) is 31.6 Å². The maximum atomic E-state index is 14.2. The third-order valence-electron chi connectivity index (χ3n) is 5.51. The van der Waals surface area contributed by atoms with Crippen LogP contribution in [0.1, 0.15) is 37.2 Å². The van der Waals surface area contributed by atoms with E-state index in [0.717, 1.165) is 12.8 Å². The molecule has 0 spiro atoms. The van der Waals surface area contributed by atoms with Crippen molar-refractivity contribution in [1.29, 1.82) is 0 Å². The number of phenolic OH excluding ortho intramolecular Hbond substituents is 1. The van der Waals surface area contributed by atoms with E-state index in [1.807, 2.05) is 4.90 Å². The number of halogens is 1. The monoisotopic (exact) mass is 360 g/mol. The molecule has 0 bridgehead atoms. The van der Waals surface area contributed by atoms with E-state index in [1.54, 1.807) is 17.0 Å². The molecule has 1 N–H and O–H groups in total. The molecule has 6 heteroatoms. The predicted molar refractivity (Wildman–Crippen MR) is 96.1 cm³/mol. The van der Waals surface area contributed by atoms with Crippen LogP contribution in [0.3, 0.4) is 0 Å². The lowest BCUT2D eigenvalue weighted by molar-refractivity contribution is -0.140. The van der Waals surface area contributed by atoms with E-state index >= 15 is 0 Å². The maximum Gasteiger partial charge on any atom is 0.245 e. The maximum absolute atomic E-state index is 14.2. The van der Waals surface area contributed by atoms with Crippen molar-refractivity contribution in [3.8, 4) is 5.75 Å². The first-order chi connectivity index (χ1) is 12.5. The number of amides is 2. The number of benzene rings is 1. The van der Waals surface area contributed by atoms with Crippen LogP contribution in [0, 0.1) is 11.7 Å². The van der Waals surface area contributed by atoms with Crippen LogP contribution in [0.4, 0.5) is 4.39 Å². The molecule has 0 radical (unpaired) electrons. The summed E-state index contributed by atoms with van der Waals surface area (Å²) in [5.41, 5.74) is 0.480. The SMILES string of the molecule is C=CC(=O)N1CCC(C(=O)N2CCCC(c3cccc(O)c3F)C2)CC1. The number of carbonyl (C=O) groups excluding carboxylic acids is 2. The first kappa shape index (κ1) is 18.4. The smallest absolute Gasteiger partial charge is 0.245 e. The molecular formula is C20H25FN2O3. The van der Waals surface area contributed by atoms with Gasteiger partial charge in [0.2, 0.25) is 11.8 Å². The van der Waals surface area contributed by atoms with E-state index in [2.05, 4.69) is 6.58 Å². The van der Waals surface area contributed by atoms with Gasteiger partial charge in [0.1, 0.15) is 0 Å². The number of carbonyl (C=O) groups is 2. The lowest BCUT2D eigenvalue weighted by Gasteiger charge is -2.38. The molecule has 3 rings (SSSR count). The minimum absolute atomic E-state index is 0.0864. The first-order valence-corrected chi connectivity index (χ1v) is 9.18. The van der Waals surface area contributed by atoms with Crippen molar-refractivity contribution in [2.24, 2.45) is 5.92 Å². The Hall–Kier alpha value is -2.37. The highest BCUT2D eigenvalue weighted by atomic mass is 19.1. The normalized spacial score (nSPS) is 21.5. The zero-order valence-corrected chi connectivity index (χ0v) is 14.9. The van der Waals surface area contributed by atoms with Crippen molar-refractivity contribution < 1.29 is 19.1 Å². The molecule has 2 fully saturated rings. The summed E-state index contributed by atoms with van der Waals surface area (Å²) in [5, 5.41) is 9.60. The van der Waals surface area contributed by atoms with Crippen molar-refractivity contribution >= 4 is 11.8 Å². The van der Waals surface area contributed by atoms with Crippen molar-refractivity contribution in [2.75, 3.05) is 26.2 Å². The fourth-order valence-electron chi connectivity index (χ4n) is 4.02. The zero-order chi connectivity index (χ0) is 18.7. The molecule has 1 atom stereocenters. The van der Waals surface area contributed by atoms with Gasteiger partial charge < -0.3 is 14.9 Å². The molecule has 1 unspecified atom stereocenters. The van der Waals surface area contributed by atoms with Gasteiger partial charge in [0, 0.05) is 38.0 Å². The molecule has 2 heterocycles. The summed E-state index contributed by atoms with van der Waals surface area (Å²) in [7, 11) is 0. The number of hydrogen-bond donors (Lipinski definition) is 1. The molecule has 140 valence electrons. The summed E-state index contributed by atoms with van der Waals surface area (Å²) in [6.07, 6.45) is 4.23. The Bertz CT molecular complexity index is 698. The van der Waals surface area contributed by atoms with Gasteiger partial charge in [-0.15, -0.1) is 0 Å². The Morgan fingerprint density at radius 2 is 1.88 bits per heavy atom. The van der Waals surface area contributed by atoms with Crippen LogP contribution in [0.5, 0.6) is 5.75 Å². The quantitative estimate of drug-likeness (QED) is 0.843. The fourth-order valence-corrected chi connectivity index (χ4v) is 4.02. The van der Waals surface area contributed by atoms with Crippen LogP contribution < -0.4 is 0 Å². The molecule has 0 aliphatic carbocycles. The molecule has 1 aromatic rings. The summed E-state index contributed by atoms with van der Waals surface area (Å²) >= 11 is 0. The number of phenols is 1. The van der Waals surface area contributed by atoms with E-state index in [9.17, 15) is 19.1 Å². The number of hydrogen-bond acceptors (Lipinski definition) is 3. The third-order valence-corrected chi connectivity index (χ3v) is 5.51. The summed E-state index contributed by atoms with van der Waals surface area (Å²) in [5.74, 6) is -1.10. The Labute approximate surface area is 153 Å². The van der Waals surface area contributed by atoms with Crippen LogP contribution in [0.25, 0.3) is 0 Å². The minimum atomic E-state index is -0.581. The van der Waals surface area contributed by atoms with Gasteiger partial charge in [-0.05, 0) is 43.4 Å². The molecule has 2 amide bonds. The van der Waals surface area contributed by atoms with Gasteiger partial charge >= 0.3 is 0 Å². The summed E-state index contributed by atoms with van der Waals surface area (Å²) in [4.78, 5) is 28.1. The third kappa shape index (κ3) is 3.74. The highest BCUT2D eigenvalue weighted by molar-refractivity contribution is 5.87. The van der Waals surface area contributed by atoms with Crippen LogP contribution >= 0.6 is 0 Å². The molecular weight excluding hydrogens is 335 g/mol. The van der Waals surface area contributed by atoms with Gasteiger partial charge in [-0.2, -0.15) is 0 Å². The van der Waals surface area contributed by atoms with Gasteiger partial charge in [0.15, 0.2) is 11.6 Å². The lowest BCUT2D eigenvalue weighted by atomic mass is 9.88. The van der Waals surface area contributed by atoms with Crippen molar-refractivity contribution in [3.05, 3.63) is 42.2 Å². The van der Waals surface area contributed by atoms with Crippen LogP contribution in [0.2, 0.25) is 0 Å². The molecule has 26 heavy (non-hydrogen) atoms. The van der Waals surface area contributed by atoms with Crippen LogP contribution in [-0.2, 0) is 9.59 Å². The van der Waals surface area contributed by atoms with Gasteiger partial charge in [-0.3, -0.25) is 9.59 Å². The second-order valence-electron chi connectivity index (χ2n) is 7.11. The molecule has 5 nitrogen and oxygen atoms in total. The Balaban J connectivity index is 1.63. The zero-order valence-electron chi connectivity index (χ0n) is 14.9. The number of aromatic hydroxyl groups is 1. The van der Waals surface area contributed by atoms with E-state index in [0.29, 0.717) is 44.6 Å². The minimum Gasteiger partial charge on any atom is -0.505 e. The van der Waals surface area contributed by atoms with Gasteiger partial charge in [0.05, 0.1) is 0 Å². The molecule has 2 aliphatic rings. The Morgan fingerprint density at radius 3 is 2.58 bits per heavy atom. The van der Waals surface area contributed by atoms with Crippen LogP contribution in [-0.4, -0.2) is 52.9 Å². The summed E-state index contributed by atoms with van der Waals surface area (Å²) in [6, 6.07) is 4.66. The first-order valence-electron chi connectivity index (χ1n) is 9.18. The van der Waals surface area contributed by atoms with Gasteiger partial charge in [-0.25, -0.2) is 4.39 Å². The largest absolute Gasteiger partial charge is 0.505 e. The van der Waals surface area contributed by atoms with E-state index < -0.39 is 5.82 Å². The number of likely N-dealkylation sites (tertiary alicyclic amines) is 2. The summed E-state index contributed by atoms with van der Waals surface area (Å²) < 4.78 is 14.2. The topological polar surface area (TPSA) is 60.9 Å². The number of rotatable bonds is 3. The Morgan fingerprint density at radius 1 is 1.15 bits per heavy atom. The molecule has 2 aliphatic heterocycles. The average Bonchev–Trinajstić information content (AvgIpc) is 2.69. The summed E-state index contributed by atoms with van der Waals surface area (Å²) in [6.45, 7) is 5.80. The molecule has 2 saturated heterocycles. The van der Waals surface area contributed by atoms with Gasteiger partial charge in [0.25, 0.3) is 0 Å². The van der Waals surface area contributed by atoms with E-state index in [1.165, 1.54) is 12.1 Å². The average molecular weight is 360 g/mol. The lowest BCUT2D eigenvalue weighted by Crippen LogP contribution is -2.46. The molecule has 0 saturated carbocycles.